The Kier molecular flexibility index (Phi) is 9.58. The molecule has 0 amide bonds. The third kappa shape index (κ3) is 6.29. The molecule has 258 valence electrons. The second kappa shape index (κ2) is 13.0. The Bertz CT molecular complexity index is 1450. The molecule has 4 aliphatic rings. The fraction of sp³-hybridized carbons (Fsp3) is 0.629. The fourth-order valence-electron chi connectivity index (χ4n) is 7.31. The van der Waals surface area contributed by atoms with Crippen LogP contribution in [0.2, 0.25) is 0 Å². The van der Waals surface area contributed by atoms with Crippen LogP contribution in [0, 0.1) is 0 Å². The largest absolute Gasteiger partial charge is 0.509 e. The lowest BCUT2D eigenvalue weighted by Crippen LogP contribution is -2.74. The molecule has 12 nitrogen and oxygen atoms in total. The Hall–Kier alpha value is -3.77. The number of methoxy groups -OCH3 is 1. The SMILES string of the molecule is C=C(O[C@@H](C)C(=O)OCCCC)[C@H](CC(=O)OC1=CC[C@@]2(O)[C@H]3Cc4ccc(OC)c5c4[C@@]2(CCN3C)[C@H]1O5)OC(=O)OC(C)(C)C. The molecular formula is C35H47NO11. The van der Waals surface area contributed by atoms with E-state index in [-0.39, 0.29) is 30.6 Å². The van der Waals surface area contributed by atoms with Gasteiger partial charge in [-0.3, -0.25) is 4.79 Å². The lowest BCUT2D eigenvalue weighted by molar-refractivity contribution is -0.170. The van der Waals surface area contributed by atoms with Gasteiger partial charge in [0.25, 0.3) is 0 Å². The lowest BCUT2D eigenvalue weighted by Gasteiger charge is -2.61. The van der Waals surface area contributed by atoms with Crippen molar-refractivity contribution >= 4 is 18.1 Å². The van der Waals surface area contributed by atoms with Crippen molar-refractivity contribution in [2.24, 2.45) is 0 Å². The van der Waals surface area contributed by atoms with Crippen molar-refractivity contribution in [3.8, 4) is 11.5 Å². The molecule has 1 fully saturated rings. The number of esters is 2. The van der Waals surface area contributed by atoms with Gasteiger partial charge in [-0.1, -0.05) is 26.0 Å². The minimum absolute atomic E-state index is 0.150. The number of nitrogens with zero attached hydrogens (tertiary/aromatic N) is 1. The third-order valence-electron chi connectivity index (χ3n) is 9.53. The highest BCUT2D eigenvalue weighted by Gasteiger charge is 2.72. The van der Waals surface area contributed by atoms with Gasteiger partial charge in [-0.2, -0.15) is 0 Å². The number of ether oxygens (including phenoxy) is 7. The van der Waals surface area contributed by atoms with Crippen molar-refractivity contribution in [1.29, 1.82) is 0 Å². The van der Waals surface area contributed by atoms with Gasteiger partial charge in [0, 0.05) is 18.0 Å². The molecule has 1 saturated heterocycles. The first kappa shape index (κ1) is 34.6. The number of likely N-dealkylation sites (N-methyl/N-ethyl adjacent to an activating group) is 1. The Labute approximate surface area is 275 Å². The quantitative estimate of drug-likeness (QED) is 0.147. The highest BCUT2D eigenvalue weighted by molar-refractivity contribution is 5.75. The van der Waals surface area contributed by atoms with E-state index in [0.717, 1.165) is 17.5 Å². The molecule has 47 heavy (non-hydrogen) atoms. The van der Waals surface area contributed by atoms with Gasteiger partial charge >= 0.3 is 18.1 Å². The lowest BCUT2D eigenvalue weighted by atomic mass is 9.50. The Balaban J connectivity index is 1.37. The summed E-state index contributed by atoms with van der Waals surface area (Å²) < 4.78 is 39.9. The number of likely N-dealkylation sites (tertiary alicyclic amines) is 1. The Morgan fingerprint density at radius 3 is 2.64 bits per heavy atom. The first-order valence-electron chi connectivity index (χ1n) is 16.3. The zero-order valence-electron chi connectivity index (χ0n) is 28.4. The van der Waals surface area contributed by atoms with Crippen LogP contribution in [-0.4, -0.2) is 91.0 Å². The zero-order chi connectivity index (χ0) is 34.3. The number of benzene rings is 1. The summed E-state index contributed by atoms with van der Waals surface area (Å²) in [6.07, 6.45) is -0.0386. The van der Waals surface area contributed by atoms with E-state index in [9.17, 15) is 19.5 Å². The molecule has 2 aliphatic carbocycles. The molecule has 0 radical (unpaired) electrons. The zero-order valence-corrected chi connectivity index (χ0v) is 28.4. The van der Waals surface area contributed by atoms with Gasteiger partial charge in [0.1, 0.15) is 17.1 Å². The molecule has 12 heteroatoms. The normalized spacial score (nSPS) is 26.9. The Morgan fingerprint density at radius 1 is 1.21 bits per heavy atom. The van der Waals surface area contributed by atoms with E-state index in [1.54, 1.807) is 34.0 Å². The van der Waals surface area contributed by atoms with Crippen LogP contribution in [0.3, 0.4) is 0 Å². The van der Waals surface area contributed by atoms with Crippen LogP contribution in [0.1, 0.15) is 77.8 Å². The number of aliphatic hydroxyl groups is 1. The van der Waals surface area contributed by atoms with Gasteiger partial charge in [0.05, 0.1) is 31.2 Å². The second-order valence-corrected chi connectivity index (χ2v) is 13.8. The molecular weight excluding hydrogens is 610 g/mol. The molecule has 5 rings (SSSR count). The molecule has 0 saturated carbocycles. The smallest absolute Gasteiger partial charge is 0.493 e. The van der Waals surface area contributed by atoms with Crippen LogP contribution in [0.4, 0.5) is 4.79 Å². The highest BCUT2D eigenvalue weighted by Crippen LogP contribution is 2.65. The standard InChI is InChI=1S/C35H47NO11/c1-9-10-17-42-31(38)21(3)43-20(2)25(45-32(39)47-33(4,5)6)19-27(37)44-24-13-14-35(40)26-18-22-11-12-23(41-8)29-28(22)34(35,30(24)46-29)15-16-36(26)7/h11-13,21,25-26,30,40H,2,9-10,14-19H2,1,3-8H3/t21-,25-,26+,30-,34-,35+/m0/s1. The number of carbonyl (C=O) groups excluding carboxylic acids is 3. The summed E-state index contributed by atoms with van der Waals surface area (Å²) in [7, 11) is 3.58. The van der Waals surface area contributed by atoms with Crippen LogP contribution < -0.4 is 9.47 Å². The van der Waals surface area contributed by atoms with Gasteiger partial charge < -0.3 is 43.2 Å². The van der Waals surface area contributed by atoms with Crippen molar-refractivity contribution in [3.63, 3.8) is 0 Å². The summed E-state index contributed by atoms with van der Waals surface area (Å²) in [4.78, 5) is 40.9. The topological polar surface area (TPSA) is 139 Å². The van der Waals surface area contributed by atoms with Crippen molar-refractivity contribution in [1.82, 2.24) is 4.90 Å². The number of carbonyl (C=O) groups is 3. The van der Waals surface area contributed by atoms with Gasteiger partial charge in [0.2, 0.25) is 0 Å². The average Bonchev–Trinajstić information content (AvgIpc) is 3.35. The van der Waals surface area contributed by atoms with E-state index in [1.165, 1.54) is 6.92 Å². The average molecular weight is 658 g/mol. The number of rotatable bonds is 12. The van der Waals surface area contributed by atoms with Crippen LogP contribution in [0.15, 0.2) is 36.3 Å². The molecule has 0 aromatic heterocycles. The maximum atomic E-state index is 13.6. The van der Waals surface area contributed by atoms with Crippen molar-refractivity contribution in [2.75, 3.05) is 27.3 Å². The van der Waals surface area contributed by atoms with E-state index >= 15 is 0 Å². The van der Waals surface area contributed by atoms with E-state index < -0.39 is 59.4 Å². The summed E-state index contributed by atoms with van der Waals surface area (Å²) in [5, 5.41) is 12.4. The van der Waals surface area contributed by atoms with E-state index in [4.69, 9.17) is 33.2 Å². The molecule has 2 bridgehead atoms. The predicted molar refractivity (Wildman–Crippen MR) is 169 cm³/mol. The minimum atomic E-state index is -1.35. The van der Waals surface area contributed by atoms with Gasteiger partial charge in [-0.05, 0) is 78.3 Å². The number of piperidine rings is 1. The highest BCUT2D eigenvalue weighted by atomic mass is 16.7. The molecule has 0 unspecified atom stereocenters. The maximum absolute atomic E-state index is 13.6. The third-order valence-corrected chi connectivity index (χ3v) is 9.53. The summed E-state index contributed by atoms with van der Waals surface area (Å²) in [6.45, 7) is 13.3. The van der Waals surface area contributed by atoms with Gasteiger partial charge in [-0.15, -0.1) is 0 Å². The van der Waals surface area contributed by atoms with Gasteiger partial charge in [-0.25, -0.2) is 9.59 Å². The van der Waals surface area contributed by atoms with Crippen molar-refractivity contribution < 1.29 is 52.6 Å². The molecule has 1 aromatic carbocycles. The first-order valence-corrected chi connectivity index (χ1v) is 16.3. The minimum Gasteiger partial charge on any atom is -0.493 e. The van der Waals surface area contributed by atoms with E-state index in [0.29, 0.717) is 37.3 Å². The van der Waals surface area contributed by atoms with E-state index in [1.807, 2.05) is 26.1 Å². The molecule has 2 heterocycles. The summed E-state index contributed by atoms with van der Waals surface area (Å²) in [6, 6.07) is 3.72. The molecule has 1 N–H and O–H groups in total. The first-order chi connectivity index (χ1) is 22.1. The van der Waals surface area contributed by atoms with Gasteiger partial charge in [0.15, 0.2) is 29.8 Å². The summed E-state index contributed by atoms with van der Waals surface area (Å²) in [5.41, 5.74) is -0.928. The predicted octanol–water partition coefficient (Wildman–Crippen LogP) is 4.49. The van der Waals surface area contributed by atoms with Crippen LogP contribution >= 0.6 is 0 Å². The van der Waals surface area contributed by atoms with E-state index in [2.05, 4.69) is 11.5 Å². The second-order valence-electron chi connectivity index (χ2n) is 13.8. The number of hydrogen-bond acceptors (Lipinski definition) is 12. The summed E-state index contributed by atoms with van der Waals surface area (Å²) >= 11 is 0. The number of unbranched alkanes of at least 4 members (excludes halogenated alkanes) is 1. The summed E-state index contributed by atoms with van der Waals surface area (Å²) in [5.74, 6) is -0.185. The van der Waals surface area contributed by atoms with Crippen LogP contribution in [0.5, 0.6) is 11.5 Å². The molecule has 1 aromatic rings. The molecule has 6 atom stereocenters. The van der Waals surface area contributed by atoms with Crippen LogP contribution in [0.25, 0.3) is 0 Å². The molecule has 2 aliphatic heterocycles. The monoisotopic (exact) mass is 657 g/mol. The van der Waals surface area contributed by atoms with Crippen molar-refractivity contribution in [3.05, 3.63) is 47.4 Å². The fourth-order valence-corrected chi connectivity index (χ4v) is 7.31. The maximum Gasteiger partial charge on any atom is 0.509 e. The van der Waals surface area contributed by atoms with Crippen molar-refractivity contribution in [2.45, 2.75) is 114 Å². The molecule has 1 spiro atoms. The van der Waals surface area contributed by atoms with Crippen LogP contribution in [-0.2, 0) is 45.1 Å². The number of hydrogen-bond donors (Lipinski definition) is 1. The Morgan fingerprint density at radius 2 is 1.96 bits per heavy atom.